The lowest BCUT2D eigenvalue weighted by atomic mass is 10.2. The lowest BCUT2D eigenvalue weighted by molar-refractivity contribution is -0.122. The van der Waals surface area contributed by atoms with Gasteiger partial charge in [-0.1, -0.05) is 6.07 Å². The molecule has 0 radical (unpaired) electrons. The molecule has 0 spiro atoms. The predicted molar refractivity (Wildman–Crippen MR) is 90.8 cm³/mol. The van der Waals surface area contributed by atoms with Gasteiger partial charge in [0.2, 0.25) is 0 Å². The Morgan fingerprint density at radius 1 is 1.29 bits per heavy atom. The summed E-state index contributed by atoms with van der Waals surface area (Å²) >= 11 is 0. The van der Waals surface area contributed by atoms with Gasteiger partial charge >= 0.3 is 0 Å². The number of anilines is 2. The molecule has 1 aliphatic heterocycles. The summed E-state index contributed by atoms with van der Waals surface area (Å²) in [7, 11) is 0. The molecule has 0 aliphatic carbocycles. The first-order valence-electron chi connectivity index (χ1n) is 8.06. The first-order valence-corrected chi connectivity index (χ1v) is 8.06. The molecule has 2 aromatic rings. The van der Waals surface area contributed by atoms with Gasteiger partial charge in [0, 0.05) is 19.3 Å². The van der Waals surface area contributed by atoms with Crippen LogP contribution >= 0.6 is 0 Å². The lowest BCUT2D eigenvalue weighted by Gasteiger charge is -2.23. The van der Waals surface area contributed by atoms with E-state index >= 15 is 0 Å². The number of aromatic nitrogens is 1. The molecule has 1 N–H and O–H groups in total. The molecule has 1 aromatic heterocycles. The second kappa shape index (κ2) is 7.29. The molecule has 1 aromatic carbocycles. The van der Waals surface area contributed by atoms with Crippen molar-refractivity contribution in [3.05, 3.63) is 48.5 Å². The topological polar surface area (TPSA) is 54.5 Å². The quantitative estimate of drug-likeness (QED) is 0.915. The average molecular weight is 329 g/mol. The van der Waals surface area contributed by atoms with Crippen LogP contribution in [0.15, 0.2) is 42.7 Å². The zero-order valence-corrected chi connectivity index (χ0v) is 13.5. The molecule has 0 saturated carbocycles. The summed E-state index contributed by atoms with van der Waals surface area (Å²) < 4.78 is 19.8. The maximum atomic E-state index is 14.3. The van der Waals surface area contributed by atoms with Crippen LogP contribution in [0, 0.1) is 5.82 Å². The molecular formula is C18H20FN3O2. The predicted octanol–water partition coefficient (Wildman–Crippen LogP) is 3.23. The van der Waals surface area contributed by atoms with Crippen LogP contribution < -0.4 is 15.0 Å². The summed E-state index contributed by atoms with van der Waals surface area (Å²) in [5.74, 6) is -0.348. The Morgan fingerprint density at radius 3 is 2.79 bits per heavy atom. The first kappa shape index (κ1) is 16.2. The molecule has 1 amide bonds. The number of ether oxygens (including phenoxy) is 1. The van der Waals surface area contributed by atoms with Crippen molar-refractivity contribution in [1.29, 1.82) is 0 Å². The monoisotopic (exact) mass is 329 g/mol. The molecule has 2 heterocycles. The maximum Gasteiger partial charge on any atom is 0.265 e. The second-order valence-electron chi connectivity index (χ2n) is 5.77. The van der Waals surface area contributed by atoms with Crippen molar-refractivity contribution in [3.8, 4) is 5.75 Å². The van der Waals surface area contributed by atoms with E-state index in [1.807, 2.05) is 6.07 Å². The van der Waals surface area contributed by atoms with Gasteiger partial charge < -0.3 is 15.0 Å². The van der Waals surface area contributed by atoms with Gasteiger partial charge in [0.25, 0.3) is 5.91 Å². The number of carbonyl (C=O) groups is 1. The molecule has 1 atom stereocenters. The van der Waals surface area contributed by atoms with Gasteiger partial charge in [-0.25, -0.2) is 4.39 Å². The van der Waals surface area contributed by atoms with E-state index in [4.69, 9.17) is 4.74 Å². The normalized spacial score (nSPS) is 15.2. The Kier molecular flexibility index (Phi) is 4.93. The Balaban J connectivity index is 1.74. The highest BCUT2D eigenvalue weighted by Crippen LogP contribution is 2.31. The first-order chi connectivity index (χ1) is 11.6. The van der Waals surface area contributed by atoms with E-state index in [2.05, 4.69) is 15.2 Å². The Bertz CT molecular complexity index is 703. The zero-order valence-electron chi connectivity index (χ0n) is 13.5. The van der Waals surface area contributed by atoms with Crippen LogP contribution in [-0.4, -0.2) is 30.1 Å². The second-order valence-corrected chi connectivity index (χ2v) is 5.77. The van der Waals surface area contributed by atoms with Gasteiger partial charge in [-0.15, -0.1) is 0 Å². The minimum atomic E-state index is -0.764. The third-order valence-electron chi connectivity index (χ3n) is 4.00. The molecule has 6 heteroatoms. The number of hydrogen-bond donors (Lipinski definition) is 1. The average Bonchev–Trinajstić information content (AvgIpc) is 3.12. The van der Waals surface area contributed by atoms with Crippen molar-refractivity contribution < 1.29 is 13.9 Å². The summed E-state index contributed by atoms with van der Waals surface area (Å²) in [4.78, 5) is 18.4. The third kappa shape index (κ3) is 3.64. The highest BCUT2D eigenvalue weighted by Gasteiger charge is 2.22. The van der Waals surface area contributed by atoms with Crippen LogP contribution in [0.2, 0.25) is 0 Å². The largest absolute Gasteiger partial charge is 0.479 e. The van der Waals surface area contributed by atoms with Crippen LogP contribution in [-0.2, 0) is 4.79 Å². The van der Waals surface area contributed by atoms with E-state index < -0.39 is 17.8 Å². The summed E-state index contributed by atoms with van der Waals surface area (Å²) in [6.45, 7) is 3.36. The number of para-hydroxylation sites is 1. The van der Waals surface area contributed by atoms with E-state index in [-0.39, 0.29) is 5.69 Å². The molecule has 126 valence electrons. The van der Waals surface area contributed by atoms with Crippen molar-refractivity contribution in [2.45, 2.75) is 25.9 Å². The zero-order chi connectivity index (χ0) is 16.9. The molecule has 1 fully saturated rings. The standard InChI is InChI=1S/C18H20FN3O2/c1-13(24-14-6-5-9-20-12-14)18(23)21-17-15(19)7-4-8-16(17)22-10-2-3-11-22/h4-9,12-13H,2-3,10-11H2,1H3,(H,21,23)/t13-/m0/s1. The fraction of sp³-hybridized carbons (Fsp3) is 0.333. The molecule has 0 bridgehead atoms. The summed E-state index contributed by atoms with van der Waals surface area (Å²) in [5.41, 5.74) is 0.931. The number of halogens is 1. The number of nitrogens with one attached hydrogen (secondary N) is 1. The molecule has 5 nitrogen and oxygen atoms in total. The van der Waals surface area contributed by atoms with Gasteiger partial charge in [0.15, 0.2) is 6.10 Å². The summed E-state index contributed by atoms with van der Waals surface area (Å²) in [6.07, 6.45) is 4.54. The number of rotatable bonds is 5. The SMILES string of the molecule is C[C@H](Oc1cccnc1)C(=O)Nc1c(F)cccc1N1CCCC1. The smallest absolute Gasteiger partial charge is 0.265 e. The fourth-order valence-corrected chi connectivity index (χ4v) is 2.76. The van der Waals surface area contributed by atoms with Gasteiger partial charge in [0.1, 0.15) is 17.3 Å². The van der Waals surface area contributed by atoms with Gasteiger partial charge in [-0.05, 0) is 44.0 Å². The van der Waals surface area contributed by atoms with Crippen LogP contribution in [0.3, 0.4) is 0 Å². The fourth-order valence-electron chi connectivity index (χ4n) is 2.76. The number of benzene rings is 1. The van der Waals surface area contributed by atoms with E-state index in [1.54, 1.807) is 31.3 Å². The summed E-state index contributed by atoms with van der Waals surface area (Å²) in [5, 5.41) is 2.67. The van der Waals surface area contributed by atoms with E-state index in [9.17, 15) is 9.18 Å². The van der Waals surface area contributed by atoms with E-state index in [1.165, 1.54) is 12.3 Å². The van der Waals surface area contributed by atoms with Crippen LogP contribution in [0.25, 0.3) is 0 Å². The molecule has 3 rings (SSSR count). The summed E-state index contributed by atoms with van der Waals surface area (Å²) in [6, 6.07) is 8.28. The minimum absolute atomic E-state index is 0.214. The van der Waals surface area contributed by atoms with Crippen LogP contribution in [0.5, 0.6) is 5.75 Å². The van der Waals surface area contributed by atoms with Gasteiger partial charge in [-0.3, -0.25) is 9.78 Å². The lowest BCUT2D eigenvalue weighted by Crippen LogP contribution is -2.31. The highest BCUT2D eigenvalue weighted by molar-refractivity contribution is 5.97. The number of amides is 1. The van der Waals surface area contributed by atoms with Gasteiger partial charge in [0.05, 0.1) is 11.9 Å². The van der Waals surface area contributed by atoms with Crippen molar-refractivity contribution in [2.24, 2.45) is 0 Å². The minimum Gasteiger partial charge on any atom is -0.479 e. The Hall–Kier alpha value is -2.63. The van der Waals surface area contributed by atoms with Crippen molar-refractivity contribution in [3.63, 3.8) is 0 Å². The number of hydrogen-bond acceptors (Lipinski definition) is 4. The van der Waals surface area contributed by atoms with Gasteiger partial charge in [-0.2, -0.15) is 0 Å². The highest BCUT2D eigenvalue weighted by atomic mass is 19.1. The number of nitrogens with zero attached hydrogens (tertiary/aromatic N) is 2. The number of pyridine rings is 1. The van der Waals surface area contributed by atoms with Crippen LogP contribution in [0.4, 0.5) is 15.8 Å². The third-order valence-corrected chi connectivity index (χ3v) is 4.00. The molecule has 1 saturated heterocycles. The maximum absolute atomic E-state index is 14.3. The molecule has 24 heavy (non-hydrogen) atoms. The van der Waals surface area contributed by atoms with Crippen molar-refractivity contribution in [1.82, 2.24) is 4.98 Å². The van der Waals surface area contributed by atoms with Crippen LogP contribution in [0.1, 0.15) is 19.8 Å². The van der Waals surface area contributed by atoms with Crippen molar-refractivity contribution in [2.75, 3.05) is 23.3 Å². The van der Waals surface area contributed by atoms with E-state index in [0.717, 1.165) is 31.6 Å². The Morgan fingerprint density at radius 2 is 2.08 bits per heavy atom. The Labute approximate surface area is 140 Å². The molecular weight excluding hydrogens is 309 g/mol. The van der Waals surface area contributed by atoms with Crippen molar-refractivity contribution >= 4 is 17.3 Å². The molecule has 1 aliphatic rings. The number of carbonyl (C=O) groups excluding carboxylic acids is 1. The molecule has 0 unspecified atom stereocenters. The van der Waals surface area contributed by atoms with E-state index in [0.29, 0.717) is 5.75 Å².